The molecule has 0 saturated carbocycles. The number of aliphatic hydroxyl groups excluding tert-OH is 1. The van der Waals surface area contributed by atoms with E-state index >= 15 is 0 Å². The molecule has 2 heterocycles. The molecule has 1 aliphatic rings. The van der Waals surface area contributed by atoms with Crippen LogP contribution in [0.1, 0.15) is 49.8 Å². The third kappa shape index (κ3) is 7.18. The van der Waals surface area contributed by atoms with Crippen LogP contribution in [0.25, 0.3) is 6.08 Å². The molecule has 2 aromatic rings. The van der Waals surface area contributed by atoms with Gasteiger partial charge < -0.3 is 14.9 Å². The van der Waals surface area contributed by atoms with Crippen molar-refractivity contribution in [2.24, 2.45) is 5.92 Å². The van der Waals surface area contributed by atoms with Gasteiger partial charge in [-0.1, -0.05) is 13.0 Å². The van der Waals surface area contributed by atoms with Crippen molar-refractivity contribution in [3.8, 4) is 0 Å². The van der Waals surface area contributed by atoms with E-state index in [1.54, 1.807) is 4.90 Å². The zero-order chi connectivity index (χ0) is 24.5. The zero-order valence-corrected chi connectivity index (χ0v) is 20.0. The van der Waals surface area contributed by atoms with Gasteiger partial charge in [-0.3, -0.25) is 9.78 Å². The Bertz CT molecular complexity index is 926. The number of piperidine rings is 1. The third-order valence-corrected chi connectivity index (χ3v) is 6.88. The summed E-state index contributed by atoms with van der Waals surface area (Å²) in [5.74, 6) is -0.816. The first-order valence-electron chi connectivity index (χ1n) is 12.1. The van der Waals surface area contributed by atoms with Gasteiger partial charge >= 0.3 is 0 Å². The van der Waals surface area contributed by atoms with Crippen LogP contribution < -0.4 is 0 Å². The molecule has 1 aromatic carbocycles. The Balaban J connectivity index is 1.50. The molecule has 2 atom stereocenters. The van der Waals surface area contributed by atoms with Gasteiger partial charge in [-0.25, -0.2) is 8.78 Å². The first kappa shape index (κ1) is 26.0. The van der Waals surface area contributed by atoms with Crippen LogP contribution in [0.3, 0.4) is 0 Å². The minimum Gasteiger partial charge on any atom is -0.395 e. The number of hydrogen-bond donors (Lipinski definition) is 1. The molecule has 0 bridgehead atoms. The fourth-order valence-electron chi connectivity index (χ4n) is 4.80. The molecule has 3 rings (SSSR count). The number of halogens is 2. The van der Waals surface area contributed by atoms with E-state index in [-0.39, 0.29) is 18.6 Å². The molecular weight excluding hydrogens is 436 g/mol. The van der Waals surface area contributed by atoms with Gasteiger partial charge in [0.2, 0.25) is 5.91 Å². The molecule has 34 heavy (non-hydrogen) atoms. The normalized spacial score (nSPS) is 16.8. The molecule has 7 heteroatoms. The van der Waals surface area contributed by atoms with Gasteiger partial charge in [0.25, 0.3) is 0 Å². The second kappa shape index (κ2) is 12.7. The van der Waals surface area contributed by atoms with Gasteiger partial charge in [0.1, 0.15) is 11.6 Å². The fraction of sp³-hybridized carbons (Fsp3) is 0.481. The van der Waals surface area contributed by atoms with E-state index in [9.17, 15) is 18.7 Å². The van der Waals surface area contributed by atoms with Crippen LogP contribution in [-0.2, 0) is 4.79 Å². The van der Waals surface area contributed by atoms with E-state index in [0.717, 1.165) is 44.0 Å². The van der Waals surface area contributed by atoms with Crippen molar-refractivity contribution in [1.82, 2.24) is 14.8 Å². The molecule has 0 spiro atoms. The van der Waals surface area contributed by atoms with Crippen LogP contribution in [0.4, 0.5) is 8.78 Å². The number of aromatic nitrogens is 1. The highest BCUT2D eigenvalue weighted by atomic mass is 19.1. The highest BCUT2D eigenvalue weighted by molar-refractivity contribution is 5.91. The number of rotatable bonds is 10. The summed E-state index contributed by atoms with van der Waals surface area (Å²) >= 11 is 0. The number of likely N-dealkylation sites (tertiary alicyclic amines) is 1. The van der Waals surface area contributed by atoms with Crippen molar-refractivity contribution in [1.29, 1.82) is 0 Å². The van der Waals surface area contributed by atoms with Crippen molar-refractivity contribution in [2.75, 3.05) is 33.3 Å². The van der Waals surface area contributed by atoms with Gasteiger partial charge in [0.15, 0.2) is 0 Å². The molecule has 5 nitrogen and oxygen atoms in total. The molecule has 1 saturated heterocycles. The Morgan fingerprint density at radius 1 is 1.24 bits per heavy atom. The van der Waals surface area contributed by atoms with Gasteiger partial charge in [0, 0.05) is 49.1 Å². The molecule has 1 N–H and O–H groups in total. The second-order valence-electron chi connectivity index (χ2n) is 9.08. The monoisotopic (exact) mass is 471 g/mol. The Morgan fingerprint density at radius 2 is 1.94 bits per heavy atom. The summed E-state index contributed by atoms with van der Waals surface area (Å²) in [4.78, 5) is 21.1. The summed E-state index contributed by atoms with van der Waals surface area (Å²) in [5.41, 5.74) is 1.43. The number of hydrogen-bond acceptors (Lipinski definition) is 4. The topological polar surface area (TPSA) is 56.7 Å². The van der Waals surface area contributed by atoms with Crippen molar-refractivity contribution < 1.29 is 18.7 Å². The maximum atomic E-state index is 13.3. The van der Waals surface area contributed by atoms with Crippen LogP contribution in [0.15, 0.2) is 48.7 Å². The number of nitrogens with zero attached hydrogens (tertiary/aromatic N) is 3. The Hall–Kier alpha value is -2.64. The molecule has 1 fully saturated rings. The Labute approximate surface area is 201 Å². The maximum absolute atomic E-state index is 13.3. The molecule has 1 aromatic heterocycles. The Kier molecular flexibility index (Phi) is 9.72. The number of pyridine rings is 1. The number of amides is 1. The van der Waals surface area contributed by atoms with E-state index in [1.807, 2.05) is 18.3 Å². The lowest BCUT2D eigenvalue weighted by molar-refractivity contribution is -0.127. The minimum atomic E-state index is -0.669. The molecule has 0 aliphatic carbocycles. The van der Waals surface area contributed by atoms with E-state index in [1.165, 1.54) is 24.3 Å². The van der Waals surface area contributed by atoms with Crippen LogP contribution >= 0.6 is 0 Å². The van der Waals surface area contributed by atoms with Gasteiger partial charge in [-0.2, -0.15) is 0 Å². The van der Waals surface area contributed by atoms with Crippen LogP contribution in [-0.4, -0.2) is 65.1 Å². The lowest BCUT2D eigenvalue weighted by atomic mass is 9.88. The van der Waals surface area contributed by atoms with Crippen molar-refractivity contribution in [3.63, 3.8) is 0 Å². The number of likely N-dealkylation sites (N-methyl/N-ethyl adjacent to an activating group) is 1. The minimum absolute atomic E-state index is 0.0456. The largest absolute Gasteiger partial charge is 0.395 e. The first-order chi connectivity index (χ1) is 16.4. The van der Waals surface area contributed by atoms with E-state index in [2.05, 4.69) is 29.9 Å². The van der Waals surface area contributed by atoms with Gasteiger partial charge in [-0.05, 0) is 81.1 Å². The standard InChI is InChI=1S/C27H35F2N3O2/c1-3-21(25-6-4-5-12-30-25)9-13-31(2)26(19-33)22-10-14-32(15-11-22)27(34)8-7-20-16-23(28)18-24(29)17-20/h4-8,12,16-18,21-22,26,33H,3,9-11,13-15,19H2,1-2H3/b8-7+. The van der Waals surface area contributed by atoms with E-state index < -0.39 is 11.6 Å². The quantitative estimate of drug-likeness (QED) is 0.519. The first-order valence-corrected chi connectivity index (χ1v) is 12.1. The predicted molar refractivity (Wildman–Crippen MR) is 130 cm³/mol. The van der Waals surface area contributed by atoms with Crippen molar-refractivity contribution in [2.45, 2.75) is 44.6 Å². The SMILES string of the molecule is CCC(CCN(C)C(CO)C1CCN(C(=O)/C=C/c2cc(F)cc(F)c2)CC1)c1ccccn1. The Morgan fingerprint density at radius 3 is 2.53 bits per heavy atom. The van der Waals surface area contributed by atoms with Gasteiger partial charge in [0.05, 0.1) is 6.61 Å². The summed E-state index contributed by atoms with van der Waals surface area (Å²) in [6.45, 7) is 4.32. The number of benzene rings is 1. The number of carbonyl (C=O) groups excluding carboxylic acids is 1. The average molecular weight is 472 g/mol. The van der Waals surface area contributed by atoms with E-state index in [0.29, 0.717) is 30.5 Å². The maximum Gasteiger partial charge on any atom is 0.246 e. The van der Waals surface area contributed by atoms with Crippen LogP contribution in [0, 0.1) is 17.6 Å². The number of aliphatic hydroxyl groups is 1. The molecular formula is C27H35F2N3O2. The van der Waals surface area contributed by atoms with Crippen LogP contribution in [0.5, 0.6) is 0 Å². The highest BCUT2D eigenvalue weighted by Gasteiger charge is 2.30. The van der Waals surface area contributed by atoms with Crippen molar-refractivity contribution in [3.05, 3.63) is 71.6 Å². The molecule has 2 unspecified atom stereocenters. The van der Waals surface area contributed by atoms with Crippen LogP contribution in [0.2, 0.25) is 0 Å². The number of carbonyl (C=O) groups is 1. The molecule has 1 aliphatic heterocycles. The molecule has 1 amide bonds. The summed E-state index contributed by atoms with van der Waals surface area (Å²) in [6, 6.07) is 9.26. The summed E-state index contributed by atoms with van der Waals surface area (Å²) in [6.07, 6.45) is 8.25. The lowest BCUT2D eigenvalue weighted by Crippen LogP contribution is -2.47. The molecule has 184 valence electrons. The summed E-state index contributed by atoms with van der Waals surface area (Å²) < 4.78 is 26.7. The second-order valence-corrected chi connectivity index (χ2v) is 9.08. The lowest BCUT2D eigenvalue weighted by Gasteiger charge is -2.39. The fourth-order valence-corrected chi connectivity index (χ4v) is 4.80. The highest BCUT2D eigenvalue weighted by Crippen LogP contribution is 2.26. The average Bonchev–Trinajstić information content (AvgIpc) is 2.84. The van der Waals surface area contributed by atoms with Gasteiger partial charge in [-0.15, -0.1) is 0 Å². The molecule has 0 radical (unpaired) electrons. The third-order valence-electron chi connectivity index (χ3n) is 6.88. The van der Waals surface area contributed by atoms with E-state index in [4.69, 9.17) is 0 Å². The van der Waals surface area contributed by atoms with Crippen molar-refractivity contribution >= 4 is 12.0 Å². The summed E-state index contributed by atoms with van der Waals surface area (Å²) in [5, 5.41) is 10.1. The predicted octanol–water partition coefficient (Wildman–Crippen LogP) is 4.49. The summed E-state index contributed by atoms with van der Waals surface area (Å²) in [7, 11) is 2.06. The zero-order valence-electron chi connectivity index (χ0n) is 20.0. The smallest absolute Gasteiger partial charge is 0.246 e.